The van der Waals surface area contributed by atoms with Gasteiger partial charge in [0.15, 0.2) is 0 Å². The Morgan fingerprint density at radius 1 is 1.33 bits per heavy atom. The van der Waals surface area contributed by atoms with Crippen LogP contribution < -0.4 is 5.32 Å². The summed E-state index contributed by atoms with van der Waals surface area (Å²) in [5.41, 5.74) is -0.415. The van der Waals surface area contributed by atoms with Gasteiger partial charge in [-0.1, -0.05) is 0 Å². The van der Waals surface area contributed by atoms with Crippen molar-refractivity contribution in [2.24, 2.45) is 0 Å². The minimum atomic E-state index is -2.53. The van der Waals surface area contributed by atoms with Crippen molar-refractivity contribution in [2.75, 3.05) is 19.8 Å². The minimum absolute atomic E-state index is 0.0556. The molecule has 1 spiro atoms. The Hall–Kier alpha value is -0.220. The standard InChI is InChI=1S/C8H13F2NO/c9-8(10)4-7(11-5-8)2-1-3-12-6-7/h11H,1-6H2. The molecule has 0 aromatic rings. The first kappa shape index (κ1) is 8.38. The first-order chi connectivity index (χ1) is 5.62. The van der Waals surface area contributed by atoms with Crippen LogP contribution in [0, 0.1) is 0 Å². The molecule has 0 amide bonds. The minimum Gasteiger partial charge on any atom is -0.380 e. The van der Waals surface area contributed by atoms with Gasteiger partial charge in [0, 0.05) is 18.6 Å². The molecule has 0 bridgehead atoms. The van der Waals surface area contributed by atoms with Gasteiger partial charge in [0.05, 0.1) is 13.2 Å². The van der Waals surface area contributed by atoms with Crippen LogP contribution in [-0.4, -0.2) is 31.2 Å². The van der Waals surface area contributed by atoms with Crippen molar-refractivity contribution in [1.82, 2.24) is 5.32 Å². The van der Waals surface area contributed by atoms with Gasteiger partial charge >= 0.3 is 0 Å². The summed E-state index contributed by atoms with van der Waals surface area (Å²) in [5.74, 6) is -2.53. The number of nitrogens with one attached hydrogen (secondary N) is 1. The molecule has 2 rings (SSSR count). The normalized spacial score (nSPS) is 40.5. The molecular formula is C8H13F2NO. The molecule has 4 heteroatoms. The van der Waals surface area contributed by atoms with Gasteiger partial charge in [0.2, 0.25) is 0 Å². The summed E-state index contributed by atoms with van der Waals surface area (Å²) in [6.45, 7) is 0.980. The molecule has 0 aliphatic carbocycles. The van der Waals surface area contributed by atoms with Gasteiger partial charge in [-0.05, 0) is 12.8 Å². The van der Waals surface area contributed by atoms with Crippen LogP contribution in [0.1, 0.15) is 19.3 Å². The topological polar surface area (TPSA) is 21.3 Å². The molecule has 2 heterocycles. The maximum atomic E-state index is 12.9. The zero-order chi connectivity index (χ0) is 8.66. The lowest BCUT2D eigenvalue weighted by Crippen LogP contribution is -2.46. The summed E-state index contributed by atoms with van der Waals surface area (Å²) in [7, 11) is 0. The van der Waals surface area contributed by atoms with Gasteiger partial charge < -0.3 is 10.1 Å². The van der Waals surface area contributed by atoms with Crippen LogP contribution in [0.2, 0.25) is 0 Å². The Labute approximate surface area is 70.3 Å². The van der Waals surface area contributed by atoms with Crippen LogP contribution in [0.15, 0.2) is 0 Å². The zero-order valence-electron chi connectivity index (χ0n) is 6.91. The third-order valence-corrected chi connectivity index (χ3v) is 2.64. The van der Waals surface area contributed by atoms with Gasteiger partial charge in [-0.3, -0.25) is 0 Å². The lowest BCUT2D eigenvalue weighted by atomic mass is 9.90. The molecule has 2 saturated heterocycles. The molecule has 70 valence electrons. The predicted octanol–water partition coefficient (Wildman–Crippen LogP) is 1.16. The van der Waals surface area contributed by atoms with Crippen molar-refractivity contribution in [1.29, 1.82) is 0 Å². The van der Waals surface area contributed by atoms with Crippen molar-refractivity contribution in [3.05, 3.63) is 0 Å². The first-order valence-corrected chi connectivity index (χ1v) is 4.33. The van der Waals surface area contributed by atoms with E-state index in [9.17, 15) is 8.78 Å². The number of halogens is 2. The fourth-order valence-electron chi connectivity index (χ4n) is 2.07. The fraction of sp³-hybridized carbons (Fsp3) is 1.00. The van der Waals surface area contributed by atoms with E-state index in [-0.39, 0.29) is 13.0 Å². The largest absolute Gasteiger partial charge is 0.380 e. The molecule has 1 unspecified atom stereocenters. The highest BCUT2D eigenvalue weighted by atomic mass is 19.3. The van der Waals surface area contributed by atoms with Crippen molar-refractivity contribution in [3.63, 3.8) is 0 Å². The lowest BCUT2D eigenvalue weighted by molar-refractivity contribution is -0.0126. The molecule has 2 nitrogen and oxygen atoms in total. The molecule has 0 aromatic heterocycles. The van der Waals surface area contributed by atoms with Gasteiger partial charge in [0.1, 0.15) is 0 Å². The first-order valence-electron chi connectivity index (χ1n) is 4.33. The second-order valence-electron chi connectivity index (χ2n) is 3.82. The summed E-state index contributed by atoms with van der Waals surface area (Å²) in [6.07, 6.45) is 1.66. The van der Waals surface area contributed by atoms with E-state index in [4.69, 9.17) is 4.74 Å². The molecule has 0 radical (unpaired) electrons. The Bertz CT molecular complexity index is 178. The molecule has 1 N–H and O–H groups in total. The van der Waals surface area contributed by atoms with E-state index in [0.717, 1.165) is 19.4 Å². The fourth-order valence-corrected chi connectivity index (χ4v) is 2.07. The van der Waals surface area contributed by atoms with Gasteiger partial charge in [-0.15, -0.1) is 0 Å². The Balaban J connectivity index is 2.03. The molecule has 12 heavy (non-hydrogen) atoms. The van der Waals surface area contributed by atoms with E-state index < -0.39 is 11.5 Å². The van der Waals surface area contributed by atoms with Crippen molar-refractivity contribution in [2.45, 2.75) is 30.7 Å². The Kier molecular flexibility index (Phi) is 1.84. The molecule has 2 aliphatic heterocycles. The van der Waals surface area contributed by atoms with E-state index in [2.05, 4.69) is 5.32 Å². The predicted molar refractivity (Wildman–Crippen MR) is 40.4 cm³/mol. The van der Waals surface area contributed by atoms with Crippen LogP contribution in [0.3, 0.4) is 0 Å². The second-order valence-corrected chi connectivity index (χ2v) is 3.82. The van der Waals surface area contributed by atoms with E-state index >= 15 is 0 Å². The van der Waals surface area contributed by atoms with E-state index in [1.165, 1.54) is 0 Å². The van der Waals surface area contributed by atoms with Crippen molar-refractivity contribution < 1.29 is 13.5 Å². The van der Waals surface area contributed by atoms with Crippen molar-refractivity contribution >= 4 is 0 Å². The average molecular weight is 177 g/mol. The maximum Gasteiger partial charge on any atom is 0.262 e. The molecule has 2 fully saturated rings. The highest BCUT2D eigenvalue weighted by Gasteiger charge is 2.49. The summed E-state index contributed by atoms with van der Waals surface area (Å²) in [4.78, 5) is 0. The van der Waals surface area contributed by atoms with Gasteiger partial charge in [-0.25, -0.2) is 8.78 Å². The Morgan fingerprint density at radius 2 is 2.17 bits per heavy atom. The molecule has 1 atom stereocenters. The third-order valence-electron chi connectivity index (χ3n) is 2.64. The average Bonchev–Trinajstić information content (AvgIpc) is 2.29. The highest BCUT2D eigenvalue weighted by molar-refractivity contribution is 5.01. The summed E-state index contributed by atoms with van der Waals surface area (Å²) < 4.78 is 30.9. The summed E-state index contributed by atoms with van der Waals surface area (Å²) >= 11 is 0. The molecule has 0 saturated carbocycles. The smallest absolute Gasteiger partial charge is 0.262 e. The molecular weight excluding hydrogens is 164 g/mol. The van der Waals surface area contributed by atoms with E-state index in [1.807, 2.05) is 0 Å². The number of alkyl halides is 2. The maximum absolute atomic E-state index is 12.9. The van der Waals surface area contributed by atoms with E-state index in [1.54, 1.807) is 0 Å². The van der Waals surface area contributed by atoms with Crippen LogP contribution in [-0.2, 0) is 4.74 Å². The van der Waals surface area contributed by atoms with E-state index in [0.29, 0.717) is 6.61 Å². The summed E-state index contributed by atoms with van der Waals surface area (Å²) in [6, 6.07) is 0. The summed E-state index contributed by atoms with van der Waals surface area (Å²) in [5, 5.41) is 2.89. The monoisotopic (exact) mass is 177 g/mol. The van der Waals surface area contributed by atoms with Gasteiger partial charge in [0.25, 0.3) is 5.92 Å². The second kappa shape index (κ2) is 2.64. The number of hydrogen-bond acceptors (Lipinski definition) is 2. The SMILES string of the molecule is FC1(F)CNC2(CCCOC2)C1. The zero-order valence-corrected chi connectivity index (χ0v) is 6.91. The number of rotatable bonds is 0. The third kappa shape index (κ3) is 1.45. The van der Waals surface area contributed by atoms with Crippen LogP contribution in [0.4, 0.5) is 8.78 Å². The highest BCUT2D eigenvalue weighted by Crippen LogP contribution is 2.36. The number of hydrogen-bond donors (Lipinski definition) is 1. The number of ether oxygens (including phenoxy) is 1. The lowest BCUT2D eigenvalue weighted by Gasteiger charge is -2.32. The van der Waals surface area contributed by atoms with Crippen LogP contribution >= 0.6 is 0 Å². The van der Waals surface area contributed by atoms with Gasteiger partial charge in [-0.2, -0.15) is 0 Å². The van der Waals surface area contributed by atoms with Crippen LogP contribution in [0.25, 0.3) is 0 Å². The van der Waals surface area contributed by atoms with Crippen molar-refractivity contribution in [3.8, 4) is 0 Å². The Morgan fingerprint density at radius 3 is 2.67 bits per heavy atom. The quantitative estimate of drug-likeness (QED) is 0.599. The molecule has 2 aliphatic rings. The van der Waals surface area contributed by atoms with Crippen LogP contribution in [0.5, 0.6) is 0 Å². The molecule has 0 aromatic carbocycles.